The van der Waals surface area contributed by atoms with E-state index in [1.807, 2.05) is 11.0 Å². The second-order valence-corrected chi connectivity index (χ2v) is 6.59. The summed E-state index contributed by atoms with van der Waals surface area (Å²) in [6, 6.07) is 8.81. The molecule has 1 fully saturated rings. The van der Waals surface area contributed by atoms with Crippen molar-refractivity contribution >= 4 is 34.2 Å². The summed E-state index contributed by atoms with van der Waals surface area (Å²) in [6.07, 6.45) is 3.75. The van der Waals surface area contributed by atoms with Crippen LogP contribution in [0.25, 0.3) is 0 Å². The predicted molar refractivity (Wildman–Crippen MR) is 77.8 cm³/mol. The molecule has 2 aliphatic rings. The van der Waals surface area contributed by atoms with Gasteiger partial charge in [-0.25, -0.2) is 0 Å². The van der Waals surface area contributed by atoms with E-state index < -0.39 is 0 Å². The number of benzene rings is 1. The normalized spacial score (nSPS) is 30.9. The van der Waals surface area contributed by atoms with E-state index in [0.717, 1.165) is 5.69 Å². The summed E-state index contributed by atoms with van der Waals surface area (Å²) in [6.45, 7) is 1.69. The Kier molecular flexibility index (Phi) is 2.89. The second-order valence-electron chi connectivity index (χ2n) is 4.99. The van der Waals surface area contributed by atoms with Crippen LogP contribution in [0, 0.1) is 0 Å². The van der Waals surface area contributed by atoms with Gasteiger partial charge in [-0.2, -0.15) is 0 Å². The van der Waals surface area contributed by atoms with Crippen molar-refractivity contribution in [2.75, 3.05) is 4.90 Å². The van der Waals surface area contributed by atoms with Gasteiger partial charge in [0.05, 0.1) is 6.04 Å². The second kappa shape index (κ2) is 4.26. The molecule has 0 bridgehead atoms. The Morgan fingerprint density at radius 3 is 2.88 bits per heavy atom. The standard InChI is InChI=1S/C14H16INO/c1-9(17)16-13-8-3-2-5-10(13)11-6-4-7-12(15)14(11)16/h2-3,5,8,11-12,14H,4,6-7H2,1H3/t11-,12+,14+/m0/s1. The highest BCUT2D eigenvalue weighted by molar-refractivity contribution is 14.1. The zero-order valence-electron chi connectivity index (χ0n) is 9.90. The maximum Gasteiger partial charge on any atom is 0.224 e. The molecule has 0 spiro atoms. The molecule has 0 saturated heterocycles. The maximum absolute atomic E-state index is 11.9. The average Bonchev–Trinajstić information content (AvgIpc) is 2.65. The number of carbonyl (C=O) groups excluding carboxylic acids is 1. The number of nitrogens with zero attached hydrogens (tertiary/aromatic N) is 1. The van der Waals surface area contributed by atoms with E-state index in [1.165, 1.54) is 24.8 Å². The number of fused-ring (bicyclic) bond motifs is 3. The molecule has 1 aromatic rings. The topological polar surface area (TPSA) is 20.3 Å². The van der Waals surface area contributed by atoms with Crippen molar-refractivity contribution in [3.63, 3.8) is 0 Å². The summed E-state index contributed by atoms with van der Waals surface area (Å²) in [4.78, 5) is 14.0. The summed E-state index contributed by atoms with van der Waals surface area (Å²) in [5.41, 5.74) is 2.53. The summed E-state index contributed by atoms with van der Waals surface area (Å²) in [5, 5.41) is 0. The number of amides is 1. The lowest BCUT2D eigenvalue weighted by Crippen LogP contribution is -2.45. The Balaban J connectivity index is 2.11. The summed E-state index contributed by atoms with van der Waals surface area (Å²) in [5.74, 6) is 0.749. The van der Waals surface area contributed by atoms with Crippen LogP contribution in [0.15, 0.2) is 24.3 Å². The molecule has 0 unspecified atom stereocenters. The minimum Gasteiger partial charge on any atom is -0.308 e. The van der Waals surface area contributed by atoms with E-state index in [-0.39, 0.29) is 5.91 Å². The van der Waals surface area contributed by atoms with Crippen LogP contribution >= 0.6 is 22.6 Å². The Morgan fingerprint density at radius 2 is 2.12 bits per heavy atom. The first-order valence-corrected chi connectivity index (χ1v) is 7.47. The van der Waals surface area contributed by atoms with Gasteiger partial charge in [-0.15, -0.1) is 0 Å². The van der Waals surface area contributed by atoms with E-state index in [1.54, 1.807) is 6.92 Å². The Hall–Kier alpha value is -0.580. The van der Waals surface area contributed by atoms with Gasteiger partial charge in [0.25, 0.3) is 0 Å². The number of hydrogen-bond donors (Lipinski definition) is 0. The largest absolute Gasteiger partial charge is 0.308 e. The van der Waals surface area contributed by atoms with E-state index in [0.29, 0.717) is 15.9 Å². The molecular weight excluding hydrogens is 325 g/mol. The van der Waals surface area contributed by atoms with Crippen LogP contribution in [-0.4, -0.2) is 15.9 Å². The van der Waals surface area contributed by atoms with Gasteiger partial charge in [0.2, 0.25) is 5.91 Å². The quantitative estimate of drug-likeness (QED) is 0.523. The molecule has 0 aromatic heterocycles. The summed E-state index contributed by atoms with van der Waals surface area (Å²) >= 11 is 2.53. The summed E-state index contributed by atoms with van der Waals surface area (Å²) in [7, 11) is 0. The number of hydrogen-bond acceptors (Lipinski definition) is 1. The van der Waals surface area contributed by atoms with Gasteiger partial charge in [-0.3, -0.25) is 4.79 Å². The molecule has 1 aliphatic heterocycles. The number of halogens is 1. The molecular formula is C14H16INO. The van der Waals surface area contributed by atoms with Crippen molar-refractivity contribution in [3.8, 4) is 0 Å². The molecule has 2 nitrogen and oxygen atoms in total. The highest BCUT2D eigenvalue weighted by Gasteiger charge is 2.45. The van der Waals surface area contributed by atoms with Gasteiger partial charge >= 0.3 is 0 Å². The Bertz CT molecular complexity index is 459. The van der Waals surface area contributed by atoms with E-state index in [9.17, 15) is 4.79 Å². The molecule has 1 aliphatic carbocycles. The smallest absolute Gasteiger partial charge is 0.224 e. The van der Waals surface area contributed by atoms with Crippen LogP contribution in [0.4, 0.5) is 5.69 Å². The molecule has 3 heteroatoms. The zero-order chi connectivity index (χ0) is 12.0. The minimum atomic E-state index is 0.188. The molecule has 1 amide bonds. The van der Waals surface area contributed by atoms with Crippen LogP contribution in [-0.2, 0) is 4.79 Å². The van der Waals surface area contributed by atoms with Crippen LogP contribution in [0.2, 0.25) is 0 Å². The molecule has 3 atom stereocenters. The van der Waals surface area contributed by atoms with Crippen LogP contribution in [0.5, 0.6) is 0 Å². The SMILES string of the molecule is CC(=O)N1c2ccccc2[C@@H]2CCC[C@@H](I)[C@@H]21. The third kappa shape index (κ3) is 1.70. The number of anilines is 1. The number of para-hydroxylation sites is 1. The third-order valence-corrected chi connectivity index (χ3v) is 5.37. The Labute approximate surface area is 116 Å². The number of rotatable bonds is 0. The van der Waals surface area contributed by atoms with Crippen LogP contribution in [0.1, 0.15) is 37.7 Å². The molecule has 17 heavy (non-hydrogen) atoms. The van der Waals surface area contributed by atoms with Gasteiger partial charge in [0.15, 0.2) is 0 Å². The van der Waals surface area contributed by atoms with Crippen LogP contribution < -0.4 is 4.90 Å². The lowest BCUT2D eigenvalue weighted by molar-refractivity contribution is -0.117. The lowest BCUT2D eigenvalue weighted by Gasteiger charge is -2.35. The molecule has 1 saturated carbocycles. The average molecular weight is 341 g/mol. The molecule has 0 N–H and O–H groups in total. The van der Waals surface area contributed by atoms with Crippen molar-refractivity contribution < 1.29 is 4.79 Å². The lowest BCUT2D eigenvalue weighted by atomic mass is 9.82. The Morgan fingerprint density at radius 1 is 1.35 bits per heavy atom. The van der Waals surface area contributed by atoms with E-state index >= 15 is 0 Å². The first-order chi connectivity index (χ1) is 8.20. The molecule has 90 valence electrons. The fraction of sp³-hybridized carbons (Fsp3) is 0.500. The minimum absolute atomic E-state index is 0.188. The molecule has 0 radical (unpaired) electrons. The highest BCUT2D eigenvalue weighted by atomic mass is 127. The van der Waals surface area contributed by atoms with Crippen molar-refractivity contribution in [1.82, 2.24) is 0 Å². The molecule has 3 rings (SSSR count). The maximum atomic E-state index is 11.9. The van der Waals surface area contributed by atoms with Crippen molar-refractivity contribution in [3.05, 3.63) is 29.8 Å². The predicted octanol–water partition coefficient (Wildman–Crippen LogP) is 3.49. The monoisotopic (exact) mass is 341 g/mol. The molecule has 1 aromatic carbocycles. The highest BCUT2D eigenvalue weighted by Crippen LogP contribution is 2.49. The van der Waals surface area contributed by atoms with Gasteiger partial charge < -0.3 is 4.90 Å². The van der Waals surface area contributed by atoms with Gasteiger partial charge in [-0.05, 0) is 24.5 Å². The fourth-order valence-corrected chi connectivity index (χ4v) is 4.63. The van der Waals surface area contributed by atoms with Gasteiger partial charge in [0, 0.05) is 22.5 Å². The zero-order valence-corrected chi connectivity index (χ0v) is 12.1. The third-order valence-electron chi connectivity index (χ3n) is 4.01. The van der Waals surface area contributed by atoms with Crippen LogP contribution in [0.3, 0.4) is 0 Å². The summed E-state index contributed by atoms with van der Waals surface area (Å²) < 4.78 is 0.586. The van der Waals surface area contributed by atoms with Crippen molar-refractivity contribution in [1.29, 1.82) is 0 Å². The van der Waals surface area contributed by atoms with Gasteiger partial charge in [-0.1, -0.05) is 47.2 Å². The first-order valence-electron chi connectivity index (χ1n) is 6.23. The number of carbonyl (C=O) groups is 1. The van der Waals surface area contributed by atoms with E-state index in [2.05, 4.69) is 40.8 Å². The fourth-order valence-electron chi connectivity index (χ4n) is 3.37. The molecule has 1 heterocycles. The number of alkyl halides is 1. The van der Waals surface area contributed by atoms with E-state index in [4.69, 9.17) is 0 Å². The first kappa shape index (κ1) is 11.5. The van der Waals surface area contributed by atoms with Gasteiger partial charge in [0.1, 0.15) is 0 Å². The van der Waals surface area contributed by atoms with Crippen molar-refractivity contribution in [2.45, 2.75) is 42.1 Å². The van der Waals surface area contributed by atoms with Crippen molar-refractivity contribution in [2.24, 2.45) is 0 Å².